The van der Waals surface area contributed by atoms with E-state index < -0.39 is 23.1 Å². The summed E-state index contributed by atoms with van der Waals surface area (Å²) in [4.78, 5) is 31.7. The quantitative estimate of drug-likeness (QED) is 0.519. The molecule has 2 atom stereocenters. The summed E-state index contributed by atoms with van der Waals surface area (Å²) in [5.74, 6) is 0.360. The lowest BCUT2D eigenvalue weighted by Gasteiger charge is -2.35. The van der Waals surface area contributed by atoms with E-state index in [0.29, 0.717) is 25.1 Å². The van der Waals surface area contributed by atoms with Crippen molar-refractivity contribution < 1.29 is 23.8 Å². The zero-order chi connectivity index (χ0) is 24.9. The van der Waals surface area contributed by atoms with Crippen LogP contribution in [0.3, 0.4) is 0 Å². The number of aryl methyl sites for hydroxylation is 1. The Labute approximate surface area is 207 Å². The van der Waals surface area contributed by atoms with Crippen LogP contribution in [0.5, 0.6) is 17.2 Å². The van der Waals surface area contributed by atoms with Crippen LogP contribution in [0.1, 0.15) is 29.5 Å². The number of hydrogen-bond acceptors (Lipinski definition) is 7. The van der Waals surface area contributed by atoms with Crippen LogP contribution >= 0.6 is 11.6 Å². The van der Waals surface area contributed by atoms with E-state index in [1.807, 2.05) is 38.2 Å². The van der Waals surface area contributed by atoms with Crippen molar-refractivity contribution in [3.63, 3.8) is 0 Å². The maximum atomic E-state index is 13.6. The molecule has 8 nitrogen and oxygen atoms in total. The van der Waals surface area contributed by atoms with Crippen LogP contribution in [0.15, 0.2) is 42.1 Å². The number of ketones is 2. The molecule has 3 aromatic rings. The minimum absolute atomic E-state index is 0.125. The molecule has 0 bridgehead atoms. The summed E-state index contributed by atoms with van der Waals surface area (Å²) in [6, 6.07) is 9.52. The fourth-order valence-corrected chi connectivity index (χ4v) is 5.27. The number of nitrogens with one attached hydrogen (secondary N) is 1. The smallest absolute Gasteiger partial charge is 0.236 e. The topological polar surface area (TPSA) is 91.7 Å². The molecule has 9 heteroatoms. The van der Waals surface area contributed by atoms with Gasteiger partial charge in [0.2, 0.25) is 17.2 Å². The molecule has 35 heavy (non-hydrogen) atoms. The highest BCUT2D eigenvalue weighted by atomic mass is 35.5. The van der Waals surface area contributed by atoms with Gasteiger partial charge in [0.25, 0.3) is 0 Å². The zero-order valence-corrected chi connectivity index (χ0v) is 20.7. The van der Waals surface area contributed by atoms with Crippen LogP contribution in [0.25, 0.3) is 11.0 Å². The Bertz CT molecular complexity index is 1400. The van der Waals surface area contributed by atoms with Crippen LogP contribution in [0.4, 0.5) is 0 Å². The van der Waals surface area contributed by atoms with Crippen LogP contribution in [-0.2, 0) is 18.3 Å². The van der Waals surface area contributed by atoms with Crippen LogP contribution in [-0.4, -0.2) is 47.5 Å². The second kappa shape index (κ2) is 8.61. The molecule has 5 rings (SSSR count). The van der Waals surface area contributed by atoms with Crippen molar-refractivity contribution in [3.8, 4) is 17.2 Å². The van der Waals surface area contributed by atoms with Gasteiger partial charge >= 0.3 is 0 Å². The SMILES string of the molecule is COc1cc(OC)c2c(c1Cl)O[C@@]1(C(=O)C=C(NCCc3nc4ccccc4n3C)C[C@H]1C)C2=O. The van der Waals surface area contributed by atoms with Gasteiger partial charge in [-0.2, -0.15) is 0 Å². The molecule has 0 radical (unpaired) electrons. The lowest BCUT2D eigenvalue weighted by atomic mass is 9.74. The van der Waals surface area contributed by atoms with Crippen molar-refractivity contribution in [1.29, 1.82) is 0 Å². The minimum Gasteiger partial charge on any atom is -0.496 e. The average molecular weight is 496 g/mol. The van der Waals surface area contributed by atoms with Gasteiger partial charge in [-0.1, -0.05) is 30.7 Å². The Morgan fingerprint density at radius 3 is 2.66 bits per heavy atom. The number of rotatable bonds is 6. The van der Waals surface area contributed by atoms with E-state index in [4.69, 9.17) is 30.8 Å². The first-order valence-corrected chi connectivity index (χ1v) is 11.8. The highest BCUT2D eigenvalue weighted by molar-refractivity contribution is 6.36. The first-order chi connectivity index (χ1) is 16.8. The van der Waals surface area contributed by atoms with Gasteiger partial charge in [-0.15, -0.1) is 0 Å². The largest absolute Gasteiger partial charge is 0.496 e. The van der Waals surface area contributed by atoms with E-state index in [9.17, 15) is 9.59 Å². The molecule has 1 spiro atoms. The predicted octanol–water partition coefficient (Wildman–Crippen LogP) is 3.88. The Morgan fingerprint density at radius 2 is 1.97 bits per heavy atom. The Kier molecular flexibility index (Phi) is 5.71. The van der Waals surface area contributed by atoms with E-state index in [2.05, 4.69) is 9.88 Å². The van der Waals surface area contributed by atoms with Crippen LogP contribution < -0.4 is 19.5 Å². The second-order valence-electron chi connectivity index (χ2n) is 8.86. The second-order valence-corrected chi connectivity index (χ2v) is 9.24. The Morgan fingerprint density at radius 1 is 1.23 bits per heavy atom. The maximum absolute atomic E-state index is 13.6. The number of fused-ring (bicyclic) bond motifs is 2. The molecule has 2 heterocycles. The van der Waals surface area contributed by atoms with Gasteiger partial charge in [0.1, 0.15) is 27.9 Å². The molecular formula is C26H26ClN3O5. The number of carbonyl (C=O) groups excluding carboxylic acids is 2. The van der Waals surface area contributed by atoms with E-state index in [0.717, 1.165) is 22.6 Å². The Balaban J connectivity index is 1.36. The third kappa shape index (κ3) is 3.46. The highest BCUT2D eigenvalue weighted by Gasteiger charge is 2.60. The Hall–Kier alpha value is -3.52. The van der Waals surface area contributed by atoms with Crippen molar-refractivity contribution in [3.05, 3.63) is 58.5 Å². The van der Waals surface area contributed by atoms with Crippen molar-refractivity contribution in [1.82, 2.24) is 14.9 Å². The molecule has 0 unspecified atom stereocenters. The molecule has 2 aromatic carbocycles. The van der Waals surface area contributed by atoms with Crippen LogP contribution in [0.2, 0.25) is 5.02 Å². The van der Waals surface area contributed by atoms with Crippen molar-refractivity contribution in [2.75, 3.05) is 20.8 Å². The molecule has 0 amide bonds. The minimum atomic E-state index is -1.67. The molecule has 0 saturated heterocycles. The van der Waals surface area contributed by atoms with Gasteiger partial charge in [0, 0.05) is 43.8 Å². The standard InChI is InChI=1S/C26H26ClN3O5/c1-14-11-15(28-10-9-21-29-16-7-5-6-8-17(16)30(21)2)12-20(31)26(14)25(32)22-18(33-3)13-19(34-4)23(27)24(22)35-26/h5-8,12-14,28H,9-11H2,1-4H3/t14-,26+/m1/s1. The van der Waals surface area contributed by atoms with E-state index in [-0.39, 0.29) is 22.1 Å². The van der Waals surface area contributed by atoms with Gasteiger partial charge in [-0.05, 0) is 18.6 Å². The molecular weight excluding hydrogens is 470 g/mol. The lowest BCUT2D eigenvalue weighted by molar-refractivity contribution is -0.129. The molecule has 182 valence electrons. The summed E-state index contributed by atoms with van der Waals surface area (Å²) in [5.41, 5.74) is 1.29. The molecule has 0 fully saturated rings. The number of halogens is 1. The highest BCUT2D eigenvalue weighted by Crippen LogP contribution is 2.52. The van der Waals surface area contributed by atoms with Gasteiger partial charge in [-0.25, -0.2) is 4.98 Å². The number of ether oxygens (including phenoxy) is 3. The van der Waals surface area contributed by atoms with Crippen LogP contribution in [0, 0.1) is 5.92 Å². The number of methoxy groups -OCH3 is 2. The zero-order valence-electron chi connectivity index (χ0n) is 20.0. The van der Waals surface area contributed by atoms with Gasteiger partial charge in [0.15, 0.2) is 5.75 Å². The predicted molar refractivity (Wildman–Crippen MR) is 132 cm³/mol. The number of benzene rings is 2. The van der Waals surface area contributed by atoms with Crippen molar-refractivity contribution in [2.24, 2.45) is 13.0 Å². The number of imidazole rings is 1. The third-order valence-electron chi connectivity index (χ3n) is 6.89. The molecule has 1 aliphatic carbocycles. The fraction of sp³-hybridized carbons (Fsp3) is 0.346. The molecule has 2 aliphatic rings. The van der Waals surface area contributed by atoms with Gasteiger partial charge in [-0.3, -0.25) is 9.59 Å². The summed E-state index contributed by atoms with van der Waals surface area (Å²) < 4.78 is 18.8. The number of carbonyl (C=O) groups is 2. The molecule has 1 aliphatic heterocycles. The average Bonchev–Trinajstić information content (AvgIpc) is 3.34. The summed E-state index contributed by atoms with van der Waals surface area (Å²) in [5, 5.41) is 3.49. The first kappa shape index (κ1) is 23.2. The number of aromatic nitrogens is 2. The van der Waals surface area contributed by atoms with E-state index in [1.54, 1.807) is 0 Å². The normalized spacial score (nSPS) is 21.2. The van der Waals surface area contributed by atoms with Gasteiger partial charge < -0.3 is 24.1 Å². The molecule has 1 N–H and O–H groups in total. The van der Waals surface area contributed by atoms with E-state index >= 15 is 0 Å². The summed E-state index contributed by atoms with van der Waals surface area (Å²) in [7, 11) is 4.90. The number of hydrogen-bond donors (Lipinski definition) is 1. The number of nitrogens with zero attached hydrogens (tertiary/aromatic N) is 2. The maximum Gasteiger partial charge on any atom is 0.236 e. The molecule has 0 saturated carbocycles. The number of Topliss-reactive ketones (excluding diaryl/α,β-unsaturated/α-hetero) is 1. The lowest BCUT2D eigenvalue weighted by Crippen LogP contribution is -2.55. The fourth-order valence-electron chi connectivity index (χ4n) is 5.01. The summed E-state index contributed by atoms with van der Waals surface area (Å²) >= 11 is 6.44. The monoisotopic (exact) mass is 495 g/mol. The van der Waals surface area contributed by atoms with Crippen molar-refractivity contribution >= 4 is 34.2 Å². The van der Waals surface area contributed by atoms with E-state index in [1.165, 1.54) is 26.4 Å². The number of allylic oxidation sites excluding steroid dienone is 1. The van der Waals surface area contributed by atoms with Gasteiger partial charge in [0.05, 0.1) is 25.3 Å². The summed E-state index contributed by atoms with van der Waals surface area (Å²) in [6.07, 6.45) is 2.62. The first-order valence-electron chi connectivity index (χ1n) is 11.4. The third-order valence-corrected chi connectivity index (χ3v) is 7.25. The molecule has 1 aromatic heterocycles. The van der Waals surface area contributed by atoms with Crippen molar-refractivity contribution in [2.45, 2.75) is 25.4 Å². The summed E-state index contributed by atoms with van der Waals surface area (Å²) in [6.45, 7) is 2.43. The number of para-hydroxylation sites is 2.